The van der Waals surface area contributed by atoms with Crippen LogP contribution in [0.1, 0.15) is 0 Å². The van der Waals surface area contributed by atoms with Gasteiger partial charge in [-0.2, -0.15) is 0 Å². The second-order valence-electron chi connectivity index (χ2n) is 1.89. The standard InChI is InChI=1S/C5H6F6.Al.3H/c6-1-2(7)3(8)4(9)5(10)11;;;;/h2-5H,1H2;;;;. The van der Waals surface area contributed by atoms with Gasteiger partial charge in [-0.25, -0.2) is 26.3 Å². The van der Waals surface area contributed by atoms with E-state index in [1.165, 1.54) is 0 Å². The molecule has 0 aromatic rings. The highest BCUT2D eigenvalue weighted by atomic mass is 27.0. The highest BCUT2D eigenvalue weighted by Crippen LogP contribution is 2.18. The van der Waals surface area contributed by atoms with Crippen LogP contribution in [0.25, 0.3) is 0 Å². The van der Waals surface area contributed by atoms with Crippen molar-refractivity contribution in [2.24, 2.45) is 0 Å². The molecule has 0 fully saturated rings. The Morgan fingerprint density at radius 2 is 1.25 bits per heavy atom. The number of halogens is 6. The van der Waals surface area contributed by atoms with Crippen LogP contribution in [-0.2, 0) is 0 Å². The zero-order valence-corrected chi connectivity index (χ0v) is 5.28. The summed E-state index contributed by atoms with van der Waals surface area (Å²) in [5, 5.41) is 0. The first-order valence-electron chi connectivity index (χ1n) is 2.77. The summed E-state index contributed by atoms with van der Waals surface area (Å²) in [4.78, 5) is 0. The molecule has 3 atom stereocenters. The topological polar surface area (TPSA) is 0 Å². The van der Waals surface area contributed by atoms with Crippen LogP contribution in [0.4, 0.5) is 26.3 Å². The van der Waals surface area contributed by atoms with Crippen molar-refractivity contribution in [1.82, 2.24) is 0 Å². The Bertz CT molecular complexity index is 110. The molecule has 3 unspecified atom stereocenters. The lowest BCUT2D eigenvalue weighted by atomic mass is 10.2. The third-order valence-electron chi connectivity index (χ3n) is 1.04. The fourth-order valence-corrected chi connectivity index (χ4v) is 0.424. The molecular formula is C5H9AlF6. The van der Waals surface area contributed by atoms with E-state index in [2.05, 4.69) is 0 Å². The molecule has 0 aliphatic heterocycles. The maximum atomic E-state index is 12.0. The Morgan fingerprint density at radius 1 is 0.833 bits per heavy atom. The lowest BCUT2D eigenvalue weighted by molar-refractivity contribution is -0.0270. The molecule has 0 heterocycles. The molecule has 0 aromatic carbocycles. The van der Waals surface area contributed by atoms with Gasteiger partial charge in [0.1, 0.15) is 6.67 Å². The van der Waals surface area contributed by atoms with Crippen molar-refractivity contribution in [2.75, 3.05) is 6.67 Å². The van der Waals surface area contributed by atoms with Gasteiger partial charge >= 0.3 is 0 Å². The third kappa shape index (κ3) is 4.22. The monoisotopic (exact) mass is 210 g/mol. The normalized spacial score (nSPS) is 18.2. The van der Waals surface area contributed by atoms with Crippen molar-refractivity contribution in [3.05, 3.63) is 0 Å². The van der Waals surface area contributed by atoms with Crippen LogP contribution in [0.3, 0.4) is 0 Å². The number of rotatable bonds is 4. The van der Waals surface area contributed by atoms with Gasteiger partial charge in [0.05, 0.1) is 0 Å². The van der Waals surface area contributed by atoms with E-state index < -0.39 is 31.6 Å². The van der Waals surface area contributed by atoms with Gasteiger partial charge in [-0.05, 0) is 0 Å². The largest absolute Gasteiger partial charge is 0.272 e. The second kappa shape index (κ2) is 6.61. The number of hydrogen-bond acceptors (Lipinski definition) is 0. The maximum absolute atomic E-state index is 12.0. The molecule has 0 aliphatic rings. The highest BCUT2D eigenvalue weighted by Gasteiger charge is 2.36. The first kappa shape index (κ1) is 14.6. The summed E-state index contributed by atoms with van der Waals surface area (Å²) in [6, 6.07) is 0. The Balaban J connectivity index is 0. The van der Waals surface area contributed by atoms with E-state index >= 15 is 0 Å². The van der Waals surface area contributed by atoms with Gasteiger partial charge in [-0.15, -0.1) is 0 Å². The summed E-state index contributed by atoms with van der Waals surface area (Å²) >= 11 is 0. The fourth-order valence-electron chi connectivity index (χ4n) is 0.424. The zero-order valence-electron chi connectivity index (χ0n) is 5.28. The van der Waals surface area contributed by atoms with Crippen LogP contribution in [-0.4, -0.2) is 49.0 Å². The lowest BCUT2D eigenvalue weighted by Gasteiger charge is -2.13. The molecule has 0 nitrogen and oxygen atoms in total. The molecule has 0 N–H and O–H groups in total. The lowest BCUT2D eigenvalue weighted by Crippen LogP contribution is -2.34. The predicted octanol–water partition coefficient (Wildman–Crippen LogP) is 1.05. The van der Waals surface area contributed by atoms with E-state index in [-0.39, 0.29) is 17.4 Å². The first-order chi connectivity index (χ1) is 5.00. The summed E-state index contributed by atoms with van der Waals surface area (Å²) in [5.74, 6) is 0. The molecule has 0 aliphatic carbocycles. The van der Waals surface area contributed by atoms with Gasteiger partial charge in [0.25, 0.3) is 6.43 Å². The van der Waals surface area contributed by atoms with E-state index in [0.717, 1.165) is 0 Å². The average Bonchev–Trinajstić information content (AvgIpc) is 2.00. The molecule has 74 valence electrons. The van der Waals surface area contributed by atoms with Crippen molar-refractivity contribution in [1.29, 1.82) is 0 Å². The molecule has 0 rings (SSSR count). The minimum Gasteiger partial charge on any atom is -0.248 e. The Kier molecular flexibility index (Phi) is 8.06. The van der Waals surface area contributed by atoms with Crippen LogP contribution in [0, 0.1) is 0 Å². The van der Waals surface area contributed by atoms with Crippen molar-refractivity contribution in [3.63, 3.8) is 0 Å². The quantitative estimate of drug-likeness (QED) is 0.480. The Morgan fingerprint density at radius 3 is 1.50 bits per heavy atom. The summed E-state index contributed by atoms with van der Waals surface area (Å²) in [7, 11) is 0. The molecule has 0 spiro atoms. The minimum atomic E-state index is -3.62. The molecule has 0 saturated heterocycles. The number of hydrogen-bond donors (Lipinski definition) is 0. The van der Waals surface area contributed by atoms with Gasteiger partial charge in [0.2, 0.25) is 0 Å². The summed E-state index contributed by atoms with van der Waals surface area (Å²) in [6.45, 7) is -1.80. The van der Waals surface area contributed by atoms with Gasteiger partial charge in [0.15, 0.2) is 35.9 Å². The molecular weight excluding hydrogens is 201 g/mol. The van der Waals surface area contributed by atoms with Crippen LogP contribution in [0.2, 0.25) is 0 Å². The predicted molar refractivity (Wildman–Crippen MR) is 36.6 cm³/mol. The van der Waals surface area contributed by atoms with Crippen LogP contribution in [0.5, 0.6) is 0 Å². The molecule has 0 aromatic heterocycles. The van der Waals surface area contributed by atoms with Gasteiger partial charge in [0, 0.05) is 0 Å². The molecule has 0 radical (unpaired) electrons. The smallest absolute Gasteiger partial charge is 0.248 e. The van der Waals surface area contributed by atoms with E-state index in [1.54, 1.807) is 0 Å². The third-order valence-corrected chi connectivity index (χ3v) is 1.04. The molecule has 0 bridgehead atoms. The average molecular weight is 210 g/mol. The van der Waals surface area contributed by atoms with Gasteiger partial charge in [-0.1, -0.05) is 0 Å². The SMILES string of the molecule is FCC(F)C(F)C(F)C(F)F.[AlH3]. The van der Waals surface area contributed by atoms with E-state index in [4.69, 9.17) is 0 Å². The molecule has 0 saturated carbocycles. The number of alkyl halides is 6. The first-order valence-corrected chi connectivity index (χ1v) is 2.77. The highest BCUT2D eigenvalue weighted by molar-refractivity contribution is 5.75. The fraction of sp³-hybridized carbons (Fsp3) is 1.00. The van der Waals surface area contributed by atoms with E-state index in [0.29, 0.717) is 0 Å². The summed E-state index contributed by atoms with van der Waals surface area (Å²) < 4.78 is 69.4. The van der Waals surface area contributed by atoms with Gasteiger partial charge in [-0.3, -0.25) is 0 Å². The van der Waals surface area contributed by atoms with Crippen molar-refractivity contribution in [3.8, 4) is 0 Å². The minimum absolute atomic E-state index is 0. The summed E-state index contributed by atoms with van der Waals surface area (Å²) in [5.41, 5.74) is 0. The summed E-state index contributed by atoms with van der Waals surface area (Å²) in [6.07, 6.45) is -12.8. The van der Waals surface area contributed by atoms with Crippen LogP contribution in [0.15, 0.2) is 0 Å². The Labute approximate surface area is 76.1 Å². The van der Waals surface area contributed by atoms with Crippen molar-refractivity contribution in [2.45, 2.75) is 24.9 Å². The maximum Gasteiger partial charge on any atom is 0.272 e. The van der Waals surface area contributed by atoms with E-state index in [1.807, 2.05) is 0 Å². The van der Waals surface area contributed by atoms with Crippen molar-refractivity contribution >= 4 is 17.4 Å². The van der Waals surface area contributed by atoms with Crippen LogP contribution >= 0.6 is 0 Å². The van der Waals surface area contributed by atoms with Crippen LogP contribution < -0.4 is 0 Å². The molecule has 7 heteroatoms. The van der Waals surface area contributed by atoms with Crippen molar-refractivity contribution < 1.29 is 26.3 Å². The molecule has 0 amide bonds. The Hall–Kier alpha value is 0.112. The second-order valence-corrected chi connectivity index (χ2v) is 1.89. The molecule has 12 heavy (non-hydrogen) atoms. The van der Waals surface area contributed by atoms with E-state index in [9.17, 15) is 26.3 Å². The van der Waals surface area contributed by atoms with Gasteiger partial charge < -0.3 is 0 Å². The zero-order chi connectivity index (χ0) is 9.02.